The fourth-order valence-electron chi connectivity index (χ4n) is 6.35. The van der Waals surface area contributed by atoms with Crippen molar-refractivity contribution in [2.24, 2.45) is 11.8 Å². The van der Waals surface area contributed by atoms with Crippen molar-refractivity contribution in [2.45, 2.75) is 91.5 Å². The summed E-state index contributed by atoms with van der Waals surface area (Å²) in [6.45, 7) is 8.31. The van der Waals surface area contributed by atoms with Gasteiger partial charge in [0.25, 0.3) is 0 Å². The molecule has 0 unspecified atom stereocenters. The van der Waals surface area contributed by atoms with E-state index >= 15 is 0 Å². The van der Waals surface area contributed by atoms with E-state index in [9.17, 15) is 9.59 Å². The Morgan fingerprint density at radius 1 is 0.854 bits per heavy atom. The number of aldehydes is 1. The maximum Gasteiger partial charge on any atom is 0.193 e. The highest BCUT2D eigenvalue weighted by Crippen LogP contribution is 2.31. The van der Waals surface area contributed by atoms with Gasteiger partial charge in [0.05, 0.1) is 6.54 Å². The third-order valence-electron chi connectivity index (χ3n) is 9.76. The molecule has 1 aromatic heterocycles. The lowest BCUT2D eigenvalue weighted by Crippen LogP contribution is -2.11. The number of para-hydroxylation sites is 1. The standard InChI is InChI=1S/C21H20O.C15H19N.C5H10.C3H7NO/c1-3-7-19-15(2)10-11-17-14-18(12-13-20(17)19)21(22)16-8-5-4-6-9-16;1-2-9-15-14(8-1)10-12-16(15)11-4-7-13-5-3-6-13;1-5-3-2-4-5;1-4-2-3-5/h4-6,8-14H,3,7H2,1-2H3;1-2,8-10,12-13H,3-7,11H2;5H,2-4H2,1H3;3-4H,2H2,1H3. The Hall–Kier alpha value is -4.02. The summed E-state index contributed by atoms with van der Waals surface area (Å²) in [5.74, 6) is 2.19. The molecular formula is C44H56N2O2. The molecule has 4 heteroatoms. The zero-order chi connectivity index (χ0) is 34.1. The van der Waals surface area contributed by atoms with Crippen molar-refractivity contribution >= 4 is 33.7 Å². The second-order valence-electron chi connectivity index (χ2n) is 13.5. The third kappa shape index (κ3) is 10.8. The van der Waals surface area contributed by atoms with Gasteiger partial charge in [-0.05, 0) is 90.6 Å². The van der Waals surface area contributed by atoms with Gasteiger partial charge in [-0.25, -0.2) is 0 Å². The van der Waals surface area contributed by atoms with Gasteiger partial charge >= 0.3 is 0 Å². The number of nitrogens with one attached hydrogen (secondary N) is 1. The van der Waals surface area contributed by atoms with E-state index in [-0.39, 0.29) is 5.78 Å². The number of nitrogens with zero attached hydrogens (tertiary/aromatic N) is 1. The number of likely N-dealkylation sites (N-methyl/N-ethyl adjacent to an activating group) is 1. The molecule has 4 nitrogen and oxygen atoms in total. The summed E-state index contributed by atoms with van der Waals surface area (Å²) >= 11 is 0. The summed E-state index contributed by atoms with van der Waals surface area (Å²) in [7, 11) is 1.73. The van der Waals surface area contributed by atoms with Gasteiger partial charge in [-0.15, -0.1) is 0 Å². The third-order valence-corrected chi connectivity index (χ3v) is 9.76. The summed E-state index contributed by atoms with van der Waals surface area (Å²) in [6.07, 6.45) is 16.9. The van der Waals surface area contributed by atoms with Crippen LogP contribution in [0.4, 0.5) is 0 Å². The minimum atomic E-state index is 0.0834. The monoisotopic (exact) mass is 644 g/mol. The highest BCUT2D eigenvalue weighted by atomic mass is 16.1. The lowest BCUT2D eigenvalue weighted by molar-refractivity contribution is -0.107. The number of fused-ring (bicyclic) bond motifs is 2. The van der Waals surface area contributed by atoms with E-state index in [0.29, 0.717) is 6.54 Å². The average molecular weight is 645 g/mol. The van der Waals surface area contributed by atoms with Gasteiger partial charge in [-0.1, -0.05) is 132 Å². The van der Waals surface area contributed by atoms with Crippen LogP contribution in [0.15, 0.2) is 97.2 Å². The van der Waals surface area contributed by atoms with E-state index in [4.69, 9.17) is 0 Å². The van der Waals surface area contributed by atoms with Crippen molar-refractivity contribution in [3.05, 3.63) is 119 Å². The fourth-order valence-corrected chi connectivity index (χ4v) is 6.35. The molecule has 2 aliphatic carbocycles. The minimum Gasteiger partial charge on any atom is -0.347 e. The van der Waals surface area contributed by atoms with E-state index in [1.54, 1.807) is 7.05 Å². The molecule has 0 radical (unpaired) electrons. The molecule has 7 rings (SSSR count). The summed E-state index contributed by atoms with van der Waals surface area (Å²) in [5.41, 5.74) is 5.61. The van der Waals surface area contributed by atoms with Gasteiger partial charge in [0.2, 0.25) is 0 Å². The SMILES string of the molecule is CC1CCC1.CCCc1c(C)ccc2cc(C(=O)c3ccccc3)ccc12.CNCC=O.c1ccc2c(c1)ccn2CCCC1CCC1. The molecular weight excluding hydrogens is 588 g/mol. The van der Waals surface area contributed by atoms with Crippen molar-refractivity contribution < 1.29 is 9.59 Å². The van der Waals surface area contributed by atoms with Crippen LogP contribution in [0, 0.1) is 18.8 Å². The molecule has 2 saturated carbocycles. The molecule has 2 fully saturated rings. The van der Waals surface area contributed by atoms with Gasteiger partial charge in [-0.3, -0.25) is 4.79 Å². The van der Waals surface area contributed by atoms with E-state index in [0.717, 1.165) is 47.5 Å². The van der Waals surface area contributed by atoms with Gasteiger partial charge in [0.1, 0.15) is 6.29 Å². The zero-order valence-corrected chi connectivity index (χ0v) is 29.7. The lowest BCUT2D eigenvalue weighted by atomic mass is 9.82. The first-order chi connectivity index (χ1) is 23.4. The maximum atomic E-state index is 12.6. The van der Waals surface area contributed by atoms with Crippen LogP contribution in [-0.2, 0) is 17.8 Å². The highest BCUT2D eigenvalue weighted by Gasteiger charge is 2.16. The average Bonchev–Trinajstić information content (AvgIpc) is 3.50. The normalized spacial score (nSPS) is 13.9. The maximum absolute atomic E-state index is 12.6. The Morgan fingerprint density at radius 2 is 1.56 bits per heavy atom. The van der Waals surface area contributed by atoms with Crippen LogP contribution < -0.4 is 5.32 Å². The molecule has 48 heavy (non-hydrogen) atoms. The van der Waals surface area contributed by atoms with E-state index in [1.807, 2.05) is 42.5 Å². The number of carbonyl (C=O) groups excluding carboxylic acids is 2. The Kier molecular flexibility index (Phi) is 15.1. The number of carbonyl (C=O) groups is 2. The molecule has 2 aliphatic rings. The zero-order valence-electron chi connectivity index (χ0n) is 29.7. The number of aryl methyl sites for hydroxylation is 3. The first kappa shape index (κ1) is 36.8. The van der Waals surface area contributed by atoms with Crippen LogP contribution in [0.5, 0.6) is 0 Å². The summed E-state index contributed by atoms with van der Waals surface area (Å²) in [6, 6.07) is 30.7. The van der Waals surface area contributed by atoms with E-state index in [2.05, 4.69) is 85.4 Å². The smallest absolute Gasteiger partial charge is 0.193 e. The summed E-state index contributed by atoms with van der Waals surface area (Å²) in [5, 5.41) is 6.43. The number of aromatic nitrogens is 1. The molecule has 0 aliphatic heterocycles. The summed E-state index contributed by atoms with van der Waals surface area (Å²) < 4.78 is 2.40. The van der Waals surface area contributed by atoms with Gasteiger partial charge in [0, 0.05) is 29.4 Å². The fraction of sp³-hybridized carbons (Fsp3) is 0.409. The Bertz CT molecular complexity index is 1700. The van der Waals surface area contributed by atoms with Crippen LogP contribution in [0.2, 0.25) is 0 Å². The molecule has 0 amide bonds. The molecule has 0 atom stereocenters. The molecule has 4 aromatic carbocycles. The van der Waals surface area contributed by atoms with E-state index in [1.165, 1.54) is 85.3 Å². The van der Waals surface area contributed by atoms with Gasteiger partial charge in [-0.2, -0.15) is 0 Å². The molecule has 0 spiro atoms. The lowest BCUT2D eigenvalue weighted by Gasteiger charge is -2.25. The second kappa shape index (κ2) is 19.7. The minimum absolute atomic E-state index is 0.0834. The van der Waals surface area contributed by atoms with Crippen molar-refractivity contribution in [1.29, 1.82) is 0 Å². The topological polar surface area (TPSA) is 51.1 Å². The van der Waals surface area contributed by atoms with Gasteiger partial charge < -0.3 is 14.7 Å². The first-order valence-corrected chi connectivity index (χ1v) is 18.2. The largest absolute Gasteiger partial charge is 0.347 e. The number of benzene rings is 4. The van der Waals surface area contributed by atoms with Crippen LogP contribution >= 0.6 is 0 Å². The number of hydrogen-bond donors (Lipinski definition) is 1. The van der Waals surface area contributed by atoms with Crippen LogP contribution in [0.3, 0.4) is 0 Å². The molecule has 1 N–H and O–H groups in total. The Morgan fingerprint density at radius 3 is 2.17 bits per heavy atom. The van der Waals surface area contributed by atoms with Crippen molar-refractivity contribution in [1.82, 2.24) is 9.88 Å². The molecule has 254 valence electrons. The van der Waals surface area contributed by atoms with Crippen molar-refractivity contribution in [3.63, 3.8) is 0 Å². The van der Waals surface area contributed by atoms with Crippen LogP contribution in [0.25, 0.3) is 21.7 Å². The first-order valence-electron chi connectivity index (χ1n) is 18.2. The Balaban J connectivity index is 0.000000173. The quantitative estimate of drug-likeness (QED) is 0.122. The number of ketones is 1. The molecule has 0 saturated heterocycles. The Labute approximate surface area is 289 Å². The second-order valence-corrected chi connectivity index (χ2v) is 13.5. The summed E-state index contributed by atoms with van der Waals surface area (Å²) in [4.78, 5) is 21.9. The highest BCUT2D eigenvalue weighted by molar-refractivity contribution is 6.10. The van der Waals surface area contributed by atoms with E-state index < -0.39 is 0 Å². The van der Waals surface area contributed by atoms with Crippen molar-refractivity contribution in [3.8, 4) is 0 Å². The van der Waals surface area contributed by atoms with Gasteiger partial charge in [0.15, 0.2) is 5.78 Å². The van der Waals surface area contributed by atoms with Crippen LogP contribution in [0.1, 0.15) is 98.7 Å². The number of hydrogen-bond acceptors (Lipinski definition) is 3. The molecule has 0 bridgehead atoms. The van der Waals surface area contributed by atoms with Crippen LogP contribution in [-0.4, -0.2) is 30.2 Å². The predicted octanol–water partition coefficient (Wildman–Crippen LogP) is 10.8. The number of rotatable bonds is 10. The predicted molar refractivity (Wildman–Crippen MR) is 204 cm³/mol. The molecule has 5 aromatic rings. The van der Waals surface area contributed by atoms with Crippen molar-refractivity contribution in [2.75, 3.05) is 13.6 Å². The molecule has 1 heterocycles.